The molecule has 10 nitrogen and oxygen atoms in total. The summed E-state index contributed by atoms with van der Waals surface area (Å²) in [5, 5.41) is 6.65. The summed E-state index contributed by atoms with van der Waals surface area (Å²) < 4.78 is 21.8. The van der Waals surface area contributed by atoms with Crippen LogP contribution in [0.2, 0.25) is 0 Å². The number of hydrogen-bond acceptors (Lipinski definition) is 10. The fourth-order valence-electron chi connectivity index (χ4n) is 5.03. The van der Waals surface area contributed by atoms with Gasteiger partial charge in [-0.15, -0.1) is 11.3 Å². The fourth-order valence-corrected chi connectivity index (χ4v) is 5.74. The van der Waals surface area contributed by atoms with Gasteiger partial charge in [0.1, 0.15) is 34.7 Å². The number of thiazole rings is 1. The van der Waals surface area contributed by atoms with E-state index in [4.69, 9.17) is 18.6 Å². The van der Waals surface area contributed by atoms with Crippen molar-refractivity contribution in [2.24, 2.45) is 0 Å². The molecule has 0 unspecified atom stereocenters. The van der Waals surface area contributed by atoms with Gasteiger partial charge in [0.05, 0.1) is 43.0 Å². The predicted octanol–water partition coefficient (Wildman–Crippen LogP) is 3.51. The van der Waals surface area contributed by atoms with Gasteiger partial charge in [0, 0.05) is 43.9 Å². The number of hydrogen-bond donors (Lipinski definition) is 1. The number of carbonyl (C=O) groups excluding carboxylic acids is 3. The van der Waals surface area contributed by atoms with Crippen LogP contribution in [-0.4, -0.2) is 44.1 Å². The van der Waals surface area contributed by atoms with Crippen LogP contribution in [0.4, 0.5) is 5.13 Å². The van der Waals surface area contributed by atoms with Crippen LogP contribution < -0.4 is 35.6 Å². The molecule has 1 N–H and O–H groups in total. The van der Waals surface area contributed by atoms with Gasteiger partial charge in [-0.3, -0.25) is 10.1 Å². The van der Waals surface area contributed by atoms with Crippen molar-refractivity contribution in [2.45, 2.75) is 0 Å². The molecular formula is C32H20N2O8S. The predicted molar refractivity (Wildman–Crippen MR) is 161 cm³/mol. The zero-order valence-corrected chi connectivity index (χ0v) is 23.7. The third-order valence-electron chi connectivity index (χ3n) is 7.00. The summed E-state index contributed by atoms with van der Waals surface area (Å²) in [4.78, 5) is 55.1. The first-order chi connectivity index (χ1) is 20.9. The maximum atomic E-state index is 13.4. The van der Waals surface area contributed by atoms with E-state index in [1.54, 1.807) is 35.7 Å². The monoisotopic (exact) mass is 592 g/mol. The second-order valence-corrected chi connectivity index (χ2v) is 10.1. The van der Waals surface area contributed by atoms with Crippen molar-refractivity contribution in [3.8, 4) is 28.5 Å². The molecule has 0 saturated carbocycles. The van der Waals surface area contributed by atoms with E-state index in [1.165, 1.54) is 33.5 Å². The molecule has 0 aliphatic carbocycles. The first-order valence-electron chi connectivity index (χ1n) is 12.7. The van der Waals surface area contributed by atoms with Crippen LogP contribution in [0.1, 0.15) is 10.4 Å². The number of nitrogens with one attached hydrogen (secondary N) is 1. The molecule has 4 aromatic carbocycles. The Morgan fingerprint density at radius 3 is 2.28 bits per heavy atom. The molecule has 212 valence electrons. The van der Waals surface area contributed by atoms with E-state index in [0.717, 1.165) is 16.7 Å². The molecule has 6 rings (SSSR count). The Kier molecular flexibility index (Phi) is 6.97. The normalized spacial score (nSPS) is 10.9. The lowest BCUT2D eigenvalue weighted by atomic mass is 9.95. The number of carbonyl (C=O) groups is 1. The molecule has 0 atom stereocenters. The molecule has 43 heavy (non-hydrogen) atoms. The summed E-state index contributed by atoms with van der Waals surface area (Å²) in [5.74, 6) is 4.16. The molecule has 0 spiro atoms. The zero-order chi connectivity index (χ0) is 30.2. The lowest BCUT2D eigenvalue weighted by Crippen LogP contribution is -2.20. The number of ether oxygens (including phenoxy) is 3. The summed E-state index contributed by atoms with van der Waals surface area (Å²) in [6.45, 7) is 0. The molecule has 0 bridgehead atoms. The molecule has 2 heterocycles. The van der Waals surface area contributed by atoms with Gasteiger partial charge in [-0.25, -0.2) is 19.4 Å². The standard InChI is InChI=1S/C32H20N2O8S/c1-39-18-11-20-22(13-35)19-9-17(10-26(40-2)28(19)23(14-36)29(20)27(12-18)41-3)30(37)34-32-33-24(15-43-32)21-8-16-6-4-5-7-25(16)42-31(21)38/h4-12,15H,1-3H3,(H,33,34,37). The second-order valence-electron chi connectivity index (χ2n) is 9.28. The maximum Gasteiger partial charge on any atom is 0.345 e. The Balaban J connectivity index is 1.47. The Labute approximate surface area is 246 Å². The van der Waals surface area contributed by atoms with E-state index >= 15 is 0 Å². The molecule has 2 aromatic heterocycles. The maximum absolute atomic E-state index is 13.4. The number of aromatic nitrogens is 1. The number of para-hydroxylation sites is 1. The van der Waals surface area contributed by atoms with Gasteiger partial charge in [0.25, 0.3) is 5.91 Å². The van der Waals surface area contributed by atoms with Crippen LogP contribution in [0.5, 0.6) is 17.2 Å². The minimum absolute atomic E-state index is 0.0775. The Morgan fingerprint density at radius 2 is 1.58 bits per heavy atom. The summed E-state index contributed by atoms with van der Waals surface area (Å²) >= 11 is 1.12. The summed E-state index contributed by atoms with van der Waals surface area (Å²) in [6.07, 6.45) is 0. The Morgan fingerprint density at radius 1 is 0.884 bits per heavy atom. The van der Waals surface area contributed by atoms with E-state index < -0.39 is 11.5 Å². The van der Waals surface area contributed by atoms with Crippen molar-refractivity contribution < 1.29 is 33.0 Å². The van der Waals surface area contributed by atoms with E-state index in [0.29, 0.717) is 27.8 Å². The van der Waals surface area contributed by atoms with Crippen molar-refractivity contribution >= 4 is 66.8 Å². The van der Waals surface area contributed by atoms with Crippen LogP contribution in [0.3, 0.4) is 0 Å². The van der Waals surface area contributed by atoms with Gasteiger partial charge in [-0.2, -0.15) is 0 Å². The van der Waals surface area contributed by atoms with Gasteiger partial charge in [-0.05, 0) is 30.3 Å². The van der Waals surface area contributed by atoms with Crippen LogP contribution >= 0.6 is 11.3 Å². The summed E-state index contributed by atoms with van der Waals surface area (Å²) in [7, 11) is 4.27. The quantitative estimate of drug-likeness (QED) is 0.228. The Bertz CT molecular complexity index is 2350. The van der Waals surface area contributed by atoms with E-state index in [2.05, 4.69) is 10.3 Å². The average Bonchev–Trinajstić information content (AvgIpc) is 3.49. The number of anilines is 1. The van der Waals surface area contributed by atoms with Crippen molar-refractivity contribution in [1.29, 1.82) is 0 Å². The van der Waals surface area contributed by atoms with Crippen molar-refractivity contribution in [1.82, 2.24) is 4.98 Å². The van der Waals surface area contributed by atoms with Crippen molar-refractivity contribution in [2.75, 3.05) is 26.6 Å². The van der Waals surface area contributed by atoms with Gasteiger partial charge in [0.2, 0.25) is 0 Å². The van der Waals surface area contributed by atoms with Crippen LogP contribution in [-0.2, 0) is 9.59 Å². The highest BCUT2D eigenvalue weighted by atomic mass is 32.1. The van der Waals surface area contributed by atoms with Gasteiger partial charge in [0.15, 0.2) is 5.13 Å². The number of benzene rings is 4. The molecule has 0 radical (unpaired) electrons. The second kappa shape index (κ2) is 10.9. The number of amides is 1. The zero-order valence-electron chi connectivity index (χ0n) is 22.9. The molecule has 1 amide bonds. The fraction of sp³-hybridized carbons (Fsp3) is 0.0938. The molecule has 11 heteroatoms. The molecule has 0 aliphatic heterocycles. The number of rotatable bonds is 6. The van der Waals surface area contributed by atoms with E-state index in [-0.39, 0.29) is 49.0 Å². The number of methoxy groups -OCH3 is 3. The van der Waals surface area contributed by atoms with Gasteiger partial charge < -0.3 is 18.6 Å². The van der Waals surface area contributed by atoms with Gasteiger partial charge in [-0.1, -0.05) is 18.2 Å². The molecule has 6 aromatic rings. The molecular weight excluding hydrogens is 572 g/mol. The van der Waals surface area contributed by atoms with Crippen LogP contribution in [0, 0.1) is 0 Å². The lowest BCUT2D eigenvalue weighted by molar-refractivity contribution is 0.102. The molecule has 0 aliphatic rings. The third-order valence-corrected chi connectivity index (χ3v) is 7.76. The minimum Gasteiger partial charge on any atom is -0.497 e. The number of nitrogens with zero attached hydrogens (tertiary/aromatic N) is 1. The highest BCUT2D eigenvalue weighted by Crippen LogP contribution is 2.32. The van der Waals surface area contributed by atoms with E-state index in [9.17, 15) is 19.2 Å². The first-order valence-corrected chi connectivity index (χ1v) is 13.6. The van der Waals surface area contributed by atoms with Crippen molar-refractivity contribution in [3.05, 3.63) is 86.4 Å². The van der Waals surface area contributed by atoms with Crippen molar-refractivity contribution in [3.63, 3.8) is 0 Å². The van der Waals surface area contributed by atoms with Gasteiger partial charge >= 0.3 is 5.63 Å². The smallest absolute Gasteiger partial charge is 0.345 e. The third kappa shape index (κ3) is 4.60. The molecule has 0 saturated heterocycles. The highest BCUT2D eigenvalue weighted by Gasteiger charge is 2.20. The van der Waals surface area contributed by atoms with Crippen LogP contribution in [0.25, 0.3) is 43.8 Å². The summed E-state index contributed by atoms with van der Waals surface area (Å²) in [5.41, 5.74) is 0.617. The minimum atomic E-state index is -0.566. The average molecular weight is 593 g/mol. The largest absolute Gasteiger partial charge is 0.497 e. The SMILES string of the molecule is COc1cc(OC)c2c(=C=O)c3c(OC)cc(C(=O)Nc4nc(-c5cc6ccccc6oc5=O)cs4)cc3c(=C=O)c2c1. The topological polar surface area (TPSA) is 134 Å². The first kappa shape index (κ1) is 27.4. The summed E-state index contributed by atoms with van der Waals surface area (Å²) in [6, 6.07) is 14.9. The molecule has 0 fully saturated rings. The Hall–Kier alpha value is -5.73. The highest BCUT2D eigenvalue weighted by molar-refractivity contribution is 7.14. The lowest BCUT2D eigenvalue weighted by Gasteiger charge is -2.14. The van der Waals surface area contributed by atoms with Crippen LogP contribution in [0.15, 0.2) is 69.2 Å². The van der Waals surface area contributed by atoms with E-state index in [1.807, 2.05) is 24.0 Å². The number of fused-ring (bicyclic) bond motifs is 3.